The maximum Gasteiger partial charge on any atom is 0.331 e. The van der Waals surface area contributed by atoms with Gasteiger partial charge >= 0.3 is 5.69 Å². The molecule has 0 aliphatic rings. The molecule has 7 nitrogen and oxygen atoms in total. The zero-order chi connectivity index (χ0) is 14.4. The summed E-state index contributed by atoms with van der Waals surface area (Å²) in [6.07, 6.45) is 2.14. The van der Waals surface area contributed by atoms with Gasteiger partial charge in [0.2, 0.25) is 5.91 Å². The number of rotatable bonds is 6. The molecule has 0 aliphatic heterocycles. The fourth-order valence-corrected chi connectivity index (χ4v) is 1.59. The summed E-state index contributed by atoms with van der Waals surface area (Å²) in [5, 5.41) is 2.76. The Kier molecular flexibility index (Phi) is 5.50. The molecular weight excluding hydrogens is 248 g/mol. The topological polar surface area (TPSA) is 99.1 Å². The highest BCUT2D eigenvalue weighted by molar-refractivity contribution is 5.75. The third kappa shape index (κ3) is 4.06. The van der Waals surface area contributed by atoms with Crippen LogP contribution in [-0.2, 0) is 17.9 Å². The molecule has 1 aromatic heterocycles. The van der Waals surface area contributed by atoms with E-state index in [1.165, 1.54) is 16.8 Å². The molecule has 1 rings (SSSR count). The summed E-state index contributed by atoms with van der Waals surface area (Å²) in [7, 11) is 0. The summed E-state index contributed by atoms with van der Waals surface area (Å²) in [5.41, 5.74) is 4.42. The number of carbonyl (C=O) groups is 1. The van der Waals surface area contributed by atoms with E-state index in [2.05, 4.69) is 5.32 Å². The number of amides is 1. The van der Waals surface area contributed by atoms with Gasteiger partial charge in [0, 0.05) is 31.4 Å². The molecule has 1 atom stereocenters. The Morgan fingerprint density at radius 3 is 2.74 bits per heavy atom. The van der Waals surface area contributed by atoms with Gasteiger partial charge in [-0.25, -0.2) is 4.79 Å². The first-order valence-corrected chi connectivity index (χ1v) is 6.29. The van der Waals surface area contributed by atoms with Crippen molar-refractivity contribution in [2.45, 2.75) is 39.4 Å². The molecule has 0 fully saturated rings. The molecule has 0 saturated carbocycles. The van der Waals surface area contributed by atoms with Crippen molar-refractivity contribution in [3.05, 3.63) is 33.1 Å². The molecule has 0 aliphatic carbocycles. The van der Waals surface area contributed by atoms with Crippen LogP contribution in [0, 0.1) is 0 Å². The molecule has 1 unspecified atom stereocenters. The second-order valence-electron chi connectivity index (χ2n) is 4.38. The second-order valence-corrected chi connectivity index (χ2v) is 4.38. The lowest BCUT2D eigenvalue weighted by molar-refractivity contribution is -0.122. The third-order valence-electron chi connectivity index (χ3n) is 2.83. The van der Waals surface area contributed by atoms with Gasteiger partial charge in [-0.2, -0.15) is 0 Å². The van der Waals surface area contributed by atoms with Crippen LogP contribution in [-0.4, -0.2) is 27.6 Å². The van der Waals surface area contributed by atoms with E-state index in [1.54, 1.807) is 0 Å². The second kappa shape index (κ2) is 6.89. The van der Waals surface area contributed by atoms with Crippen molar-refractivity contribution < 1.29 is 4.79 Å². The standard InChI is InChI=1S/C12H20N4O3/c1-3-9(2)14-10(17)8-15-6-4-11(18)16(7-5-13)12(15)19/h4,6,9H,3,5,7-8,13H2,1-2H3,(H,14,17). The predicted octanol–water partition coefficient (Wildman–Crippen LogP) is -1.12. The first kappa shape index (κ1) is 15.2. The highest BCUT2D eigenvalue weighted by atomic mass is 16.2. The molecule has 19 heavy (non-hydrogen) atoms. The van der Waals surface area contributed by atoms with Crippen LogP contribution >= 0.6 is 0 Å². The first-order valence-electron chi connectivity index (χ1n) is 6.29. The Morgan fingerprint density at radius 2 is 2.16 bits per heavy atom. The number of aromatic nitrogens is 2. The van der Waals surface area contributed by atoms with Gasteiger partial charge in [0.15, 0.2) is 0 Å². The lowest BCUT2D eigenvalue weighted by Gasteiger charge is -2.13. The van der Waals surface area contributed by atoms with Crippen LogP contribution in [0.15, 0.2) is 21.9 Å². The monoisotopic (exact) mass is 268 g/mol. The first-order chi connectivity index (χ1) is 8.99. The Balaban J connectivity index is 2.91. The zero-order valence-electron chi connectivity index (χ0n) is 11.3. The molecule has 0 spiro atoms. The van der Waals surface area contributed by atoms with E-state index < -0.39 is 11.2 Å². The van der Waals surface area contributed by atoms with Crippen LogP contribution in [0.25, 0.3) is 0 Å². The van der Waals surface area contributed by atoms with Crippen molar-refractivity contribution in [3.8, 4) is 0 Å². The van der Waals surface area contributed by atoms with Gasteiger partial charge in [-0.15, -0.1) is 0 Å². The van der Waals surface area contributed by atoms with E-state index in [0.29, 0.717) is 0 Å². The maximum absolute atomic E-state index is 12.0. The Hall–Kier alpha value is -1.89. The van der Waals surface area contributed by atoms with Gasteiger partial charge < -0.3 is 11.1 Å². The molecule has 0 aromatic carbocycles. The summed E-state index contributed by atoms with van der Waals surface area (Å²) in [4.78, 5) is 35.2. The molecule has 1 aromatic rings. The van der Waals surface area contributed by atoms with Crippen LogP contribution in [0.3, 0.4) is 0 Å². The smallest absolute Gasteiger partial charge is 0.331 e. The van der Waals surface area contributed by atoms with Crippen molar-refractivity contribution in [2.75, 3.05) is 6.54 Å². The zero-order valence-corrected chi connectivity index (χ0v) is 11.3. The van der Waals surface area contributed by atoms with Gasteiger partial charge in [-0.1, -0.05) is 6.92 Å². The summed E-state index contributed by atoms with van der Waals surface area (Å²) in [6.45, 7) is 4.08. The maximum atomic E-state index is 12.0. The Labute approximate surface area is 111 Å². The summed E-state index contributed by atoms with van der Waals surface area (Å²) in [6, 6.07) is 1.31. The molecule has 106 valence electrons. The highest BCUT2D eigenvalue weighted by Gasteiger charge is 2.09. The number of nitrogens with two attached hydrogens (primary N) is 1. The molecule has 1 heterocycles. The summed E-state index contributed by atoms with van der Waals surface area (Å²) < 4.78 is 2.23. The fraction of sp³-hybridized carbons (Fsp3) is 0.583. The number of nitrogens with zero attached hydrogens (tertiary/aromatic N) is 2. The van der Waals surface area contributed by atoms with Crippen molar-refractivity contribution in [1.82, 2.24) is 14.5 Å². The predicted molar refractivity (Wildman–Crippen MR) is 71.9 cm³/mol. The number of nitrogens with one attached hydrogen (secondary N) is 1. The van der Waals surface area contributed by atoms with E-state index >= 15 is 0 Å². The number of carbonyl (C=O) groups excluding carboxylic acids is 1. The van der Waals surface area contributed by atoms with E-state index in [-0.39, 0.29) is 31.6 Å². The molecule has 0 saturated heterocycles. The quantitative estimate of drug-likeness (QED) is 0.683. The van der Waals surface area contributed by atoms with E-state index in [4.69, 9.17) is 5.73 Å². The largest absolute Gasteiger partial charge is 0.352 e. The third-order valence-corrected chi connectivity index (χ3v) is 2.83. The fourth-order valence-electron chi connectivity index (χ4n) is 1.59. The molecule has 0 bridgehead atoms. The van der Waals surface area contributed by atoms with E-state index in [9.17, 15) is 14.4 Å². The van der Waals surface area contributed by atoms with Crippen LogP contribution in [0.4, 0.5) is 0 Å². The lowest BCUT2D eigenvalue weighted by Crippen LogP contribution is -2.43. The van der Waals surface area contributed by atoms with Gasteiger partial charge in [-0.3, -0.25) is 18.7 Å². The van der Waals surface area contributed by atoms with Crippen LogP contribution in [0.1, 0.15) is 20.3 Å². The minimum atomic E-state index is -0.516. The van der Waals surface area contributed by atoms with Crippen molar-refractivity contribution >= 4 is 5.91 Å². The number of hydrogen-bond acceptors (Lipinski definition) is 4. The van der Waals surface area contributed by atoms with Gasteiger partial charge in [0.25, 0.3) is 5.56 Å². The lowest BCUT2D eigenvalue weighted by atomic mass is 10.2. The summed E-state index contributed by atoms with van der Waals surface area (Å²) in [5.74, 6) is -0.255. The van der Waals surface area contributed by atoms with Gasteiger partial charge in [0.05, 0.1) is 0 Å². The Morgan fingerprint density at radius 1 is 1.47 bits per heavy atom. The van der Waals surface area contributed by atoms with Crippen LogP contribution in [0.2, 0.25) is 0 Å². The molecular formula is C12H20N4O3. The van der Waals surface area contributed by atoms with Crippen molar-refractivity contribution in [1.29, 1.82) is 0 Å². The minimum Gasteiger partial charge on any atom is -0.352 e. The van der Waals surface area contributed by atoms with Crippen LogP contribution in [0.5, 0.6) is 0 Å². The molecule has 3 N–H and O–H groups in total. The molecule has 7 heteroatoms. The highest BCUT2D eigenvalue weighted by Crippen LogP contribution is 1.88. The molecule has 1 amide bonds. The van der Waals surface area contributed by atoms with Gasteiger partial charge in [-0.05, 0) is 13.3 Å². The average Bonchev–Trinajstić information content (AvgIpc) is 2.37. The SMILES string of the molecule is CCC(C)NC(=O)Cn1ccc(=O)n(CCN)c1=O. The summed E-state index contributed by atoms with van der Waals surface area (Å²) >= 11 is 0. The van der Waals surface area contributed by atoms with E-state index in [1.807, 2.05) is 13.8 Å². The Bertz CT molecular complexity index is 547. The average molecular weight is 268 g/mol. The van der Waals surface area contributed by atoms with Crippen molar-refractivity contribution in [2.24, 2.45) is 5.73 Å². The van der Waals surface area contributed by atoms with E-state index in [0.717, 1.165) is 11.0 Å². The van der Waals surface area contributed by atoms with Crippen molar-refractivity contribution in [3.63, 3.8) is 0 Å². The number of hydrogen-bond donors (Lipinski definition) is 2. The van der Waals surface area contributed by atoms with Gasteiger partial charge in [0.1, 0.15) is 6.54 Å². The normalized spacial score (nSPS) is 12.2. The van der Waals surface area contributed by atoms with Crippen LogP contribution < -0.4 is 22.3 Å². The molecule has 0 radical (unpaired) electrons. The minimum absolute atomic E-state index is 0.0538.